The summed E-state index contributed by atoms with van der Waals surface area (Å²) in [6.07, 6.45) is 0. The van der Waals surface area contributed by atoms with E-state index in [1.165, 1.54) is 6.07 Å². The lowest BCUT2D eigenvalue weighted by molar-refractivity contribution is 0.464. The molecule has 0 aliphatic heterocycles. The molecule has 116 valence electrons. The zero-order chi connectivity index (χ0) is 16.5. The Balaban J connectivity index is 2.43. The summed E-state index contributed by atoms with van der Waals surface area (Å²) in [5.74, 6) is 0.150. The summed E-state index contributed by atoms with van der Waals surface area (Å²) in [6.45, 7) is 3.68. The van der Waals surface area contributed by atoms with Crippen LogP contribution in [0.5, 0.6) is 5.75 Å². The molecule has 0 aromatic heterocycles. The molecular weight excluding hydrogens is 312 g/mol. The molecule has 0 atom stereocenters. The summed E-state index contributed by atoms with van der Waals surface area (Å²) >= 11 is 0. The number of hydrogen-bond donors (Lipinski definition) is 1. The van der Waals surface area contributed by atoms with Crippen LogP contribution in [0.1, 0.15) is 11.1 Å². The lowest BCUT2D eigenvalue weighted by atomic mass is 9.90. The minimum absolute atomic E-state index is 0.150. The van der Waals surface area contributed by atoms with Gasteiger partial charge in [-0.2, -0.15) is 0 Å². The molecule has 4 aromatic carbocycles. The number of phenols is 1. The minimum Gasteiger partial charge on any atom is -0.744 e. The van der Waals surface area contributed by atoms with Crippen LogP contribution in [0.4, 0.5) is 0 Å². The van der Waals surface area contributed by atoms with Gasteiger partial charge in [-0.1, -0.05) is 18.2 Å². The van der Waals surface area contributed by atoms with Crippen LogP contribution in [-0.2, 0) is 10.1 Å². The monoisotopic (exact) mass is 325 g/mol. The van der Waals surface area contributed by atoms with Crippen molar-refractivity contribution in [3.63, 3.8) is 0 Å². The molecule has 4 aromatic rings. The number of hydrogen-bond acceptors (Lipinski definition) is 4. The Morgan fingerprint density at radius 1 is 0.826 bits per heavy atom. The molecule has 0 unspecified atom stereocenters. The van der Waals surface area contributed by atoms with Gasteiger partial charge in [0.2, 0.25) is 0 Å². The normalized spacial score (nSPS) is 12.7. The van der Waals surface area contributed by atoms with Gasteiger partial charge in [0, 0.05) is 16.2 Å². The maximum absolute atomic E-state index is 11.7. The highest BCUT2D eigenvalue weighted by Crippen LogP contribution is 2.42. The van der Waals surface area contributed by atoms with Gasteiger partial charge >= 0.3 is 0 Å². The van der Waals surface area contributed by atoms with Crippen molar-refractivity contribution in [3.05, 3.63) is 47.5 Å². The summed E-state index contributed by atoms with van der Waals surface area (Å²) < 4.78 is 35.0. The Kier molecular flexibility index (Phi) is 2.69. The first-order valence-electron chi connectivity index (χ1n) is 7.15. The van der Waals surface area contributed by atoms with Crippen LogP contribution in [0.2, 0.25) is 0 Å². The molecule has 4 rings (SSSR count). The second kappa shape index (κ2) is 4.34. The molecule has 0 bridgehead atoms. The predicted molar refractivity (Wildman–Crippen MR) is 89.2 cm³/mol. The molecule has 0 amide bonds. The van der Waals surface area contributed by atoms with Crippen LogP contribution in [0.25, 0.3) is 32.3 Å². The fourth-order valence-corrected chi connectivity index (χ4v) is 4.25. The average Bonchev–Trinajstić information content (AvgIpc) is 2.48. The Morgan fingerprint density at radius 3 is 1.91 bits per heavy atom. The van der Waals surface area contributed by atoms with Crippen molar-refractivity contribution in [2.45, 2.75) is 18.7 Å². The summed E-state index contributed by atoms with van der Waals surface area (Å²) in [6, 6.07) is 10.3. The summed E-state index contributed by atoms with van der Waals surface area (Å²) in [7, 11) is -4.58. The topological polar surface area (TPSA) is 77.4 Å². The van der Waals surface area contributed by atoms with Crippen molar-refractivity contribution in [1.82, 2.24) is 0 Å². The third-order valence-electron chi connectivity index (χ3n) is 4.52. The number of aromatic hydroxyl groups is 1. The fraction of sp³-hybridized carbons (Fsp3) is 0.111. The molecule has 0 heterocycles. The molecule has 0 spiro atoms. The van der Waals surface area contributed by atoms with Crippen LogP contribution >= 0.6 is 0 Å². The fourth-order valence-electron chi connectivity index (χ4n) is 3.49. The molecule has 23 heavy (non-hydrogen) atoms. The second-order valence-electron chi connectivity index (χ2n) is 5.93. The Morgan fingerprint density at radius 2 is 1.30 bits per heavy atom. The maximum atomic E-state index is 11.7. The van der Waals surface area contributed by atoms with E-state index in [4.69, 9.17) is 0 Å². The van der Waals surface area contributed by atoms with Gasteiger partial charge in [-0.05, 0) is 59.3 Å². The van der Waals surface area contributed by atoms with Crippen LogP contribution in [0, 0.1) is 13.8 Å². The van der Waals surface area contributed by atoms with E-state index < -0.39 is 10.1 Å². The zero-order valence-corrected chi connectivity index (χ0v) is 13.4. The Hall–Kier alpha value is -2.37. The van der Waals surface area contributed by atoms with Crippen molar-refractivity contribution >= 4 is 42.4 Å². The third-order valence-corrected chi connectivity index (χ3v) is 5.40. The molecule has 0 saturated heterocycles. The molecule has 1 N–H and O–H groups in total. The first-order chi connectivity index (χ1) is 10.8. The zero-order valence-electron chi connectivity index (χ0n) is 12.5. The first kappa shape index (κ1) is 14.2. The summed E-state index contributed by atoms with van der Waals surface area (Å²) in [5, 5.41) is 14.6. The van der Waals surface area contributed by atoms with E-state index >= 15 is 0 Å². The van der Waals surface area contributed by atoms with Crippen molar-refractivity contribution < 1.29 is 18.1 Å². The average molecular weight is 325 g/mol. The molecular formula is C18H13O4S-. The van der Waals surface area contributed by atoms with Crippen LogP contribution in [0.3, 0.4) is 0 Å². The van der Waals surface area contributed by atoms with Crippen molar-refractivity contribution in [2.24, 2.45) is 0 Å². The third kappa shape index (κ3) is 1.84. The summed E-state index contributed by atoms with van der Waals surface area (Å²) in [5.41, 5.74) is 1.62. The highest BCUT2D eigenvalue weighted by Gasteiger charge is 2.18. The molecule has 5 heteroatoms. The highest BCUT2D eigenvalue weighted by molar-refractivity contribution is 7.86. The van der Waals surface area contributed by atoms with E-state index in [9.17, 15) is 18.1 Å². The van der Waals surface area contributed by atoms with Gasteiger partial charge in [0.05, 0.1) is 4.90 Å². The molecule has 0 fully saturated rings. The van der Waals surface area contributed by atoms with Gasteiger partial charge in [-0.25, -0.2) is 8.42 Å². The Bertz CT molecular complexity index is 1180. The smallest absolute Gasteiger partial charge is 0.125 e. The predicted octanol–water partition coefficient (Wildman–Crippen LogP) is 3.81. The Labute approximate surface area is 133 Å². The lowest BCUT2D eigenvalue weighted by Gasteiger charge is -2.18. The molecule has 0 radical (unpaired) electrons. The van der Waals surface area contributed by atoms with E-state index in [2.05, 4.69) is 0 Å². The van der Waals surface area contributed by atoms with Gasteiger partial charge in [-0.3, -0.25) is 0 Å². The van der Waals surface area contributed by atoms with Gasteiger partial charge in [0.1, 0.15) is 15.9 Å². The van der Waals surface area contributed by atoms with E-state index in [1.807, 2.05) is 19.1 Å². The van der Waals surface area contributed by atoms with Gasteiger partial charge in [0.25, 0.3) is 0 Å². The number of aryl methyl sites for hydroxylation is 2. The SMILES string of the molecule is Cc1cc(O)c2ccc3c(S(=O)(=O)[O-])cc(C)c4ccc1c2c43. The number of benzene rings is 4. The van der Waals surface area contributed by atoms with Crippen molar-refractivity contribution in [2.75, 3.05) is 0 Å². The van der Waals surface area contributed by atoms with Crippen LogP contribution in [-0.4, -0.2) is 18.1 Å². The quantitative estimate of drug-likeness (QED) is 0.426. The lowest BCUT2D eigenvalue weighted by Crippen LogP contribution is -2.01. The van der Waals surface area contributed by atoms with Crippen LogP contribution < -0.4 is 0 Å². The van der Waals surface area contributed by atoms with Crippen LogP contribution in [0.15, 0.2) is 41.3 Å². The van der Waals surface area contributed by atoms with Crippen molar-refractivity contribution in [1.29, 1.82) is 0 Å². The van der Waals surface area contributed by atoms with Gasteiger partial charge < -0.3 is 9.66 Å². The largest absolute Gasteiger partial charge is 0.744 e. The standard InChI is InChI=1S/C18H14O4S/c1-9-7-15(19)13-5-6-14-16(23(20,21)22)8-10(2)12-4-3-11(9)17(13)18(12)14/h3-8,19H,1-2H3,(H,20,21,22)/p-1. The molecule has 0 aliphatic carbocycles. The number of phenolic OH excluding ortho intramolecular Hbond substituents is 1. The van der Waals surface area contributed by atoms with Gasteiger partial charge in [0.15, 0.2) is 0 Å². The highest BCUT2D eigenvalue weighted by atomic mass is 32.2. The maximum Gasteiger partial charge on any atom is 0.125 e. The van der Waals surface area contributed by atoms with E-state index in [0.29, 0.717) is 16.2 Å². The van der Waals surface area contributed by atoms with Gasteiger partial charge in [-0.15, -0.1) is 0 Å². The molecule has 0 saturated carbocycles. The molecule has 0 aliphatic rings. The van der Waals surface area contributed by atoms with E-state index in [1.54, 1.807) is 25.1 Å². The van der Waals surface area contributed by atoms with E-state index in [0.717, 1.165) is 27.3 Å². The first-order valence-corrected chi connectivity index (χ1v) is 8.56. The van der Waals surface area contributed by atoms with E-state index in [-0.39, 0.29) is 10.6 Å². The second-order valence-corrected chi connectivity index (χ2v) is 7.28. The number of rotatable bonds is 1. The molecule has 4 nitrogen and oxygen atoms in total. The minimum atomic E-state index is -4.58. The summed E-state index contributed by atoms with van der Waals surface area (Å²) in [4.78, 5) is -0.210. The van der Waals surface area contributed by atoms with Crippen molar-refractivity contribution in [3.8, 4) is 5.75 Å².